The fourth-order valence-corrected chi connectivity index (χ4v) is 2.14. The highest BCUT2D eigenvalue weighted by atomic mass is 35.5. The zero-order chi connectivity index (χ0) is 8.43. The number of carbonyl (C=O) groups excluding carboxylic acids is 1. The minimum Gasteiger partial charge on any atom is -0.324 e. The largest absolute Gasteiger partial charge is 0.324 e. The molecule has 0 atom stereocenters. The molecular weight excluding hydrogens is 205 g/mol. The van der Waals surface area contributed by atoms with Crippen molar-refractivity contribution in [2.45, 2.75) is 0 Å². The molecule has 11 heavy (non-hydrogen) atoms. The van der Waals surface area contributed by atoms with Crippen LogP contribution in [0.3, 0.4) is 0 Å². The minimum atomic E-state index is -0.182. The van der Waals surface area contributed by atoms with Gasteiger partial charge in [0.1, 0.15) is 4.34 Å². The Labute approximate surface area is 77.9 Å². The lowest BCUT2D eigenvalue weighted by Gasteiger charge is -1.90. The zero-order valence-electron chi connectivity index (χ0n) is 5.43. The Morgan fingerprint density at radius 2 is 2.27 bits per heavy atom. The highest BCUT2D eigenvalue weighted by Gasteiger charge is 2.11. The van der Waals surface area contributed by atoms with Gasteiger partial charge < -0.3 is 5.73 Å². The highest BCUT2D eigenvalue weighted by molar-refractivity contribution is 7.20. The van der Waals surface area contributed by atoms with Crippen LogP contribution in [-0.4, -0.2) is 12.3 Å². The predicted octanol–water partition coefficient (Wildman–Crippen LogP) is 2.20. The van der Waals surface area contributed by atoms with Crippen molar-refractivity contribution in [3.05, 3.63) is 20.3 Å². The summed E-state index contributed by atoms with van der Waals surface area (Å²) in [6.45, 7) is -0.0349. The van der Waals surface area contributed by atoms with E-state index in [1.54, 1.807) is 0 Å². The van der Waals surface area contributed by atoms with E-state index in [0.29, 0.717) is 14.2 Å². The van der Waals surface area contributed by atoms with E-state index in [2.05, 4.69) is 0 Å². The van der Waals surface area contributed by atoms with Gasteiger partial charge in [-0.05, 0) is 6.07 Å². The molecule has 0 fully saturated rings. The summed E-state index contributed by atoms with van der Waals surface area (Å²) in [5.74, 6) is -0.182. The van der Waals surface area contributed by atoms with Crippen molar-refractivity contribution in [1.29, 1.82) is 0 Å². The first kappa shape index (κ1) is 9.00. The topological polar surface area (TPSA) is 43.1 Å². The molecule has 0 aliphatic heterocycles. The van der Waals surface area contributed by atoms with Crippen molar-refractivity contribution < 1.29 is 4.79 Å². The lowest BCUT2D eigenvalue weighted by atomic mass is 10.2. The SMILES string of the molecule is NCC(=O)c1cc(Cl)sc1Cl. The van der Waals surface area contributed by atoms with Crippen LogP contribution in [0.25, 0.3) is 0 Å². The summed E-state index contributed by atoms with van der Waals surface area (Å²) in [6.07, 6.45) is 0. The Morgan fingerprint density at radius 1 is 1.64 bits per heavy atom. The monoisotopic (exact) mass is 209 g/mol. The molecular formula is C6H5Cl2NOS. The molecule has 0 spiro atoms. The summed E-state index contributed by atoms with van der Waals surface area (Å²) in [4.78, 5) is 11.0. The molecule has 0 aromatic carbocycles. The van der Waals surface area contributed by atoms with E-state index < -0.39 is 0 Å². The van der Waals surface area contributed by atoms with Crippen LogP contribution in [0.1, 0.15) is 10.4 Å². The normalized spacial score (nSPS) is 10.1. The van der Waals surface area contributed by atoms with Crippen molar-refractivity contribution in [3.63, 3.8) is 0 Å². The van der Waals surface area contributed by atoms with Gasteiger partial charge in [0.15, 0.2) is 5.78 Å². The van der Waals surface area contributed by atoms with Crippen molar-refractivity contribution in [2.75, 3.05) is 6.54 Å². The Hall–Kier alpha value is -0.0900. The maximum absolute atomic E-state index is 11.0. The van der Waals surface area contributed by atoms with E-state index in [0.717, 1.165) is 0 Å². The summed E-state index contributed by atoms with van der Waals surface area (Å²) in [5.41, 5.74) is 5.56. The van der Waals surface area contributed by atoms with Gasteiger partial charge in [-0.3, -0.25) is 4.79 Å². The molecule has 1 aromatic heterocycles. The van der Waals surface area contributed by atoms with Crippen molar-refractivity contribution in [1.82, 2.24) is 0 Å². The number of rotatable bonds is 2. The average molecular weight is 210 g/mol. The molecule has 1 rings (SSSR count). The molecule has 2 nitrogen and oxygen atoms in total. The van der Waals surface area contributed by atoms with E-state index in [1.807, 2.05) is 0 Å². The van der Waals surface area contributed by atoms with Crippen LogP contribution in [0, 0.1) is 0 Å². The van der Waals surface area contributed by atoms with Gasteiger partial charge in [0, 0.05) is 5.56 Å². The molecule has 0 amide bonds. The Morgan fingerprint density at radius 3 is 2.64 bits per heavy atom. The second-order valence-electron chi connectivity index (χ2n) is 1.87. The molecule has 0 aliphatic carbocycles. The van der Waals surface area contributed by atoms with E-state index in [9.17, 15) is 4.79 Å². The summed E-state index contributed by atoms with van der Waals surface area (Å²) < 4.78 is 0.914. The third-order valence-corrected chi connectivity index (χ3v) is 2.63. The lowest BCUT2D eigenvalue weighted by molar-refractivity contribution is 0.100. The summed E-state index contributed by atoms with van der Waals surface area (Å²) >= 11 is 12.5. The smallest absolute Gasteiger partial charge is 0.178 e. The van der Waals surface area contributed by atoms with Crippen LogP contribution in [-0.2, 0) is 0 Å². The van der Waals surface area contributed by atoms with E-state index >= 15 is 0 Å². The van der Waals surface area contributed by atoms with Crippen LogP contribution in [0.4, 0.5) is 0 Å². The Bertz CT molecular complexity index is 284. The van der Waals surface area contributed by atoms with Crippen LogP contribution in [0.5, 0.6) is 0 Å². The quantitative estimate of drug-likeness (QED) is 0.760. The molecule has 0 aliphatic rings. The van der Waals surface area contributed by atoms with Crippen LogP contribution in [0.2, 0.25) is 8.67 Å². The fraction of sp³-hybridized carbons (Fsp3) is 0.167. The van der Waals surface area contributed by atoms with E-state index in [4.69, 9.17) is 28.9 Å². The number of Topliss-reactive ketones (excluding diaryl/α,β-unsaturated/α-hetero) is 1. The van der Waals surface area contributed by atoms with E-state index in [1.165, 1.54) is 17.4 Å². The Balaban J connectivity index is 3.03. The number of nitrogens with two attached hydrogens (primary N) is 1. The maximum Gasteiger partial charge on any atom is 0.178 e. The van der Waals surface area contributed by atoms with Crippen LogP contribution >= 0.6 is 34.5 Å². The molecule has 0 unspecified atom stereocenters. The standard InChI is InChI=1S/C6H5Cl2NOS/c7-5-1-3(4(10)2-9)6(8)11-5/h1H,2,9H2. The molecule has 0 radical (unpaired) electrons. The van der Waals surface area contributed by atoms with Gasteiger partial charge in [0.05, 0.1) is 10.9 Å². The molecule has 2 N–H and O–H groups in total. The molecule has 0 bridgehead atoms. The lowest BCUT2D eigenvalue weighted by Crippen LogP contribution is -2.12. The third kappa shape index (κ3) is 1.93. The number of hydrogen-bond acceptors (Lipinski definition) is 3. The van der Waals surface area contributed by atoms with Gasteiger partial charge in [0.25, 0.3) is 0 Å². The zero-order valence-corrected chi connectivity index (χ0v) is 7.76. The molecule has 1 heterocycles. The first-order valence-electron chi connectivity index (χ1n) is 2.83. The molecule has 1 aromatic rings. The van der Waals surface area contributed by atoms with Crippen molar-refractivity contribution >= 4 is 40.3 Å². The van der Waals surface area contributed by atoms with Gasteiger partial charge in [-0.15, -0.1) is 11.3 Å². The fourth-order valence-electron chi connectivity index (χ4n) is 0.640. The third-order valence-electron chi connectivity index (χ3n) is 1.14. The second-order valence-corrected chi connectivity index (χ2v) is 4.15. The number of thiophene rings is 1. The van der Waals surface area contributed by atoms with Crippen LogP contribution in [0.15, 0.2) is 6.07 Å². The number of carbonyl (C=O) groups is 1. The summed E-state index contributed by atoms with van der Waals surface area (Å²) in [6, 6.07) is 1.53. The summed E-state index contributed by atoms with van der Waals surface area (Å²) in [5, 5.41) is 0. The van der Waals surface area contributed by atoms with Crippen molar-refractivity contribution in [2.24, 2.45) is 5.73 Å². The van der Waals surface area contributed by atoms with Crippen molar-refractivity contribution in [3.8, 4) is 0 Å². The number of ketones is 1. The van der Waals surface area contributed by atoms with Gasteiger partial charge in [-0.1, -0.05) is 23.2 Å². The van der Waals surface area contributed by atoms with Gasteiger partial charge in [-0.25, -0.2) is 0 Å². The predicted molar refractivity (Wildman–Crippen MR) is 47.7 cm³/mol. The Kier molecular flexibility index (Phi) is 2.90. The summed E-state index contributed by atoms with van der Waals surface area (Å²) in [7, 11) is 0. The molecule has 60 valence electrons. The average Bonchev–Trinajstić information content (AvgIpc) is 2.28. The van der Waals surface area contributed by atoms with Gasteiger partial charge >= 0.3 is 0 Å². The number of hydrogen-bond donors (Lipinski definition) is 1. The first-order chi connectivity index (χ1) is 5.15. The minimum absolute atomic E-state index is 0.0349. The second kappa shape index (κ2) is 3.54. The first-order valence-corrected chi connectivity index (χ1v) is 4.40. The van der Waals surface area contributed by atoms with Crippen LogP contribution < -0.4 is 5.73 Å². The molecule has 0 saturated carbocycles. The molecule has 5 heteroatoms. The molecule has 0 saturated heterocycles. The van der Waals surface area contributed by atoms with Gasteiger partial charge in [0.2, 0.25) is 0 Å². The maximum atomic E-state index is 11.0. The number of halogens is 2. The van der Waals surface area contributed by atoms with E-state index in [-0.39, 0.29) is 12.3 Å². The van der Waals surface area contributed by atoms with Gasteiger partial charge in [-0.2, -0.15) is 0 Å². The highest BCUT2D eigenvalue weighted by Crippen LogP contribution is 2.31.